The highest BCUT2D eigenvalue weighted by Gasteiger charge is 2.25. The maximum atomic E-state index is 12.4. The van der Waals surface area contributed by atoms with Gasteiger partial charge >= 0.3 is 0 Å². The van der Waals surface area contributed by atoms with E-state index in [-0.39, 0.29) is 28.1 Å². The highest BCUT2D eigenvalue weighted by Crippen LogP contribution is 2.29. The standard InChI is InChI=1S/C16H26O3S2/c1-4-20-16(19)14(15(18)11(2)3)13(17)10-21-12-8-6-5-7-9-12/h11-12,18H,4-10H2,1-3H3/b15-14+. The van der Waals surface area contributed by atoms with Crippen LogP contribution in [0.5, 0.6) is 0 Å². The molecule has 5 heteroatoms. The fraction of sp³-hybridized carbons (Fsp3) is 0.750. The normalized spacial score (nSPS) is 17.7. The molecule has 0 unspecified atom stereocenters. The molecule has 0 heterocycles. The Balaban J connectivity index is 2.71. The van der Waals surface area contributed by atoms with E-state index in [1.807, 2.05) is 6.92 Å². The van der Waals surface area contributed by atoms with Crippen molar-refractivity contribution in [2.24, 2.45) is 5.92 Å². The fourth-order valence-corrected chi connectivity index (χ4v) is 4.17. The zero-order valence-corrected chi connectivity index (χ0v) is 14.8. The predicted molar refractivity (Wildman–Crippen MR) is 92.0 cm³/mol. The van der Waals surface area contributed by atoms with Crippen molar-refractivity contribution >= 4 is 34.4 Å². The van der Waals surface area contributed by atoms with Crippen LogP contribution < -0.4 is 0 Å². The number of rotatable bonds is 7. The van der Waals surface area contributed by atoms with E-state index in [0.717, 1.165) is 24.6 Å². The first kappa shape index (κ1) is 18.6. The van der Waals surface area contributed by atoms with Gasteiger partial charge in [0.1, 0.15) is 11.3 Å². The van der Waals surface area contributed by atoms with Crippen molar-refractivity contribution in [3.63, 3.8) is 0 Å². The van der Waals surface area contributed by atoms with Gasteiger partial charge in [-0.3, -0.25) is 9.59 Å². The second-order valence-corrected chi connectivity index (χ2v) is 8.16. The van der Waals surface area contributed by atoms with Crippen LogP contribution in [0.4, 0.5) is 0 Å². The molecule has 0 aromatic heterocycles. The molecule has 1 rings (SSSR count). The molecular formula is C16H26O3S2. The largest absolute Gasteiger partial charge is 0.511 e. The van der Waals surface area contributed by atoms with Crippen molar-refractivity contribution in [2.75, 3.05) is 11.5 Å². The molecule has 0 saturated heterocycles. The minimum Gasteiger partial charge on any atom is -0.511 e. The van der Waals surface area contributed by atoms with Gasteiger partial charge in [0.15, 0.2) is 5.78 Å². The summed E-state index contributed by atoms with van der Waals surface area (Å²) in [6.45, 7) is 5.45. The molecule has 0 spiro atoms. The second-order valence-electron chi connectivity index (χ2n) is 5.63. The van der Waals surface area contributed by atoms with Gasteiger partial charge in [0, 0.05) is 11.2 Å². The van der Waals surface area contributed by atoms with Crippen LogP contribution in [0, 0.1) is 5.92 Å². The molecule has 1 aliphatic carbocycles. The quantitative estimate of drug-likeness (QED) is 0.325. The first-order valence-electron chi connectivity index (χ1n) is 7.72. The Morgan fingerprint density at radius 3 is 2.33 bits per heavy atom. The molecule has 3 nitrogen and oxygen atoms in total. The van der Waals surface area contributed by atoms with Gasteiger partial charge in [0.05, 0.1) is 5.75 Å². The minimum atomic E-state index is -0.294. The topological polar surface area (TPSA) is 54.4 Å². The lowest BCUT2D eigenvalue weighted by Crippen LogP contribution is -2.19. The summed E-state index contributed by atoms with van der Waals surface area (Å²) in [5.41, 5.74) is 0.0140. The van der Waals surface area contributed by atoms with Crippen molar-refractivity contribution < 1.29 is 14.7 Å². The molecule has 0 aromatic rings. The Morgan fingerprint density at radius 2 is 1.81 bits per heavy atom. The van der Waals surface area contributed by atoms with Gasteiger partial charge in [0.25, 0.3) is 0 Å². The lowest BCUT2D eigenvalue weighted by molar-refractivity contribution is -0.116. The van der Waals surface area contributed by atoms with Crippen LogP contribution in [0.15, 0.2) is 11.3 Å². The summed E-state index contributed by atoms with van der Waals surface area (Å²) in [4.78, 5) is 24.5. The van der Waals surface area contributed by atoms with Gasteiger partial charge in [-0.1, -0.05) is 51.8 Å². The van der Waals surface area contributed by atoms with Gasteiger partial charge in [-0.05, 0) is 18.6 Å². The maximum Gasteiger partial charge on any atom is 0.226 e. The number of carbonyl (C=O) groups is 2. The summed E-state index contributed by atoms with van der Waals surface area (Å²) in [6.07, 6.45) is 6.07. The summed E-state index contributed by atoms with van der Waals surface area (Å²) in [7, 11) is 0. The monoisotopic (exact) mass is 330 g/mol. The highest BCUT2D eigenvalue weighted by atomic mass is 32.2. The molecule has 21 heavy (non-hydrogen) atoms. The third kappa shape index (κ3) is 6.07. The number of carbonyl (C=O) groups excluding carboxylic acids is 2. The van der Waals surface area contributed by atoms with E-state index in [1.165, 1.54) is 19.3 Å². The fourth-order valence-electron chi connectivity index (χ4n) is 2.35. The van der Waals surface area contributed by atoms with Crippen LogP contribution >= 0.6 is 23.5 Å². The Labute approximate surface area is 136 Å². The average molecular weight is 331 g/mol. The van der Waals surface area contributed by atoms with Crippen molar-refractivity contribution in [3.8, 4) is 0 Å². The molecule has 0 aromatic carbocycles. The van der Waals surface area contributed by atoms with Crippen LogP contribution in [0.25, 0.3) is 0 Å². The van der Waals surface area contributed by atoms with Crippen LogP contribution in [-0.2, 0) is 9.59 Å². The number of aliphatic hydroxyl groups is 1. The smallest absolute Gasteiger partial charge is 0.226 e. The molecule has 0 aliphatic heterocycles. The van der Waals surface area contributed by atoms with Crippen molar-refractivity contribution in [3.05, 3.63) is 11.3 Å². The average Bonchev–Trinajstić information content (AvgIpc) is 2.46. The summed E-state index contributed by atoms with van der Waals surface area (Å²) >= 11 is 2.73. The molecule has 1 fully saturated rings. The molecular weight excluding hydrogens is 304 g/mol. The third-order valence-corrected chi connectivity index (χ3v) is 5.69. The van der Waals surface area contributed by atoms with E-state index >= 15 is 0 Å². The summed E-state index contributed by atoms with van der Waals surface area (Å²) in [6, 6.07) is 0. The van der Waals surface area contributed by atoms with E-state index in [2.05, 4.69) is 0 Å². The van der Waals surface area contributed by atoms with E-state index in [0.29, 0.717) is 16.8 Å². The summed E-state index contributed by atoms with van der Waals surface area (Å²) in [5, 5.41) is 10.3. The van der Waals surface area contributed by atoms with E-state index in [9.17, 15) is 14.7 Å². The predicted octanol–water partition coefficient (Wildman–Crippen LogP) is 4.37. The van der Waals surface area contributed by atoms with Gasteiger partial charge in [-0.2, -0.15) is 11.8 Å². The van der Waals surface area contributed by atoms with Crippen LogP contribution in [0.3, 0.4) is 0 Å². The molecule has 0 amide bonds. The van der Waals surface area contributed by atoms with Crippen molar-refractivity contribution in [1.29, 1.82) is 0 Å². The van der Waals surface area contributed by atoms with Crippen molar-refractivity contribution in [1.82, 2.24) is 0 Å². The maximum absolute atomic E-state index is 12.4. The second kappa shape index (κ2) is 9.57. The molecule has 0 atom stereocenters. The SMILES string of the molecule is CCSC(=O)/C(C(=O)CSC1CCCCC1)=C(/O)C(C)C. The zero-order chi connectivity index (χ0) is 15.8. The van der Waals surface area contributed by atoms with Crippen LogP contribution in [-0.4, -0.2) is 32.8 Å². The molecule has 0 bridgehead atoms. The molecule has 1 N–H and O–H groups in total. The van der Waals surface area contributed by atoms with Crippen LogP contribution in [0.2, 0.25) is 0 Å². The molecule has 1 aliphatic rings. The van der Waals surface area contributed by atoms with E-state index in [1.54, 1.807) is 25.6 Å². The number of aliphatic hydroxyl groups excluding tert-OH is 1. The first-order chi connectivity index (χ1) is 9.97. The van der Waals surface area contributed by atoms with Crippen LogP contribution in [0.1, 0.15) is 52.9 Å². The first-order valence-corrected chi connectivity index (χ1v) is 9.75. The number of hydrogen-bond donors (Lipinski definition) is 1. The molecule has 1 saturated carbocycles. The van der Waals surface area contributed by atoms with Gasteiger partial charge in [-0.15, -0.1) is 0 Å². The lowest BCUT2D eigenvalue weighted by Gasteiger charge is -2.21. The van der Waals surface area contributed by atoms with Gasteiger partial charge < -0.3 is 5.11 Å². The number of allylic oxidation sites excluding steroid dienone is 1. The number of hydrogen-bond acceptors (Lipinski definition) is 5. The Kier molecular flexibility index (Phi) is 8.49. The zero-order valence-electron chi connectivity index (χ0n) is 13.2. The third-order valence-electron chi connectivity index (χ3n) is 3.56. The lowest BCUT2D eigenvalue weighted by atomic mass is 10.0. The Hall–Kier alpha value is -0.420. The number of Topliss-reactive ketones (excluding diaryl/α,β-unsaturated/α-hetero) is 1. The molecule has 0 radical (unpaired) electrons. The van der Waals surface area contributed by atoms with E-state index in [4.69, 9.17) is 0 Å². The summed E-state index contributed by atoms with van der Waals surface area (Å²) < 4.78 is 0. The summed E-state index contributed by atoms with van der Waals surface area (Å²) in [5.74, 6) is 0.423. The minimum absolute atomic E-state index is 0.0140. The van der Waals surface area contributed by atoms with Crippen molar-refractivity contribution in [2.45, 2.75) is 58.1 Å². The van der Waals surface area contributed by atoms with Gasteiger partial charge in [-0.25, -0.2) is 0 Å². The Morgan fingerprint density at radius 1 is 1.19 bits per heavy atom. The van der Waals surface area contributed by atoms with Gasteiger partial charge in [0.2, 0.25) is 5.12 Å². The Bertz CT molecular complexity index is 396. The number of ketones is 1. The number of thioether (sulfide) groups is 2. The van der Waals surface area contributed by atoms with E-state index < -0.39 is 0 Å². The highest BCUT2D eigenvalue weighted by molar-refractivity contribution is 8.14. The molecule has 120 valence electrons.